The van der Waals surface area contributed by atoms with Crippen molar-refractivity contribution in [1.29, 1.82) is 0 Å². The Kier molecular flexibility index (Phi) is 40.9. The van der Waals surface area contributed by atoms with E-state index in [0.717, 1.165) is 25.7 Å². The third kappa shape index (κ3) is 36.5. The molecule has 0 aliphatic carbocycles. The summed E-state index contributed by atoms with van der Waals surface area (Å²) in [6.07, 6.45) is 7.99. The lowest BCUT2D eigenvalue weighted by Crippen LogP contribution is -2.50. The lowest BCUT2D eigenvalue weighted by Gasteiger charge is -2.25. The minimum Gasteiger partial charge on any atom is -0.481 e. The van der Waals surface area contributed by atoms with Gasteiger partial charge in [-0.1, -0.05) is 97.8 Å². The van der Waals surface area contributed by atoms with Crippen molar-refractivity contribution in [3.63, 3.8) is 0 Å². The van der Waals surface area contributed by atoms with Gasteiger partial charge in [-0.3, -0.25) is 67.5 Å². The highest BCUT2D eigenvalue weighted by atomic mass is 16.4. The van der Waals surface area contributed by atoms with Crippen molar-refractivity contribution in [2.24, 2.45) is 56.4 Å². The maximum atomic E-state index is 13.8. The molecule has 6 amide bonds. The molecule has 18 N–H and O–H groups in total. The Hall–Kier alpha value is -6.90. The van der Waals surface area contributed by atoms with Gasteiger partial charge in [0.05, 0.1) is 54.6 Å². The first kappa shape index (κ1) is 78.1. The van der Waals surface area contributed by atoms with Gasteiger partial charge < -0.3 is 70.6 Å². The molecule has 0 aromatic carbocycles. The van der Waals surface area contributed by atoms with Crippen LogP contribution in [0.4, 0.5) is 0 Å². The number of unbranched alkanes of at least 4 members (excludes halogenated alkanes) is 12. The minimum absolute atomic E-state index is 0.0311. The summed E-state index contributed by atoms with van der Waals surface area (Å²) < 4.78 is 0. The van der Waals surface area contributed by atoms with Crippen LogP contribution in [0, 0.1) is 17.8 Å². The topological polar surface area (TPSA) is 480 Å². The van der Waals surface area contributed by atoms with Gasteiger partial charge in [-0.2, -0.15) is 0 Å². The number of nitrogens with two attached hydrogens (primary N) is 5. The molecular weight excluding hydrogens is 1100 g/mol. The first-order valence-corrected chi connectivity index (χ1v) is 30.1. The number of guanidine groups is 2. The van der Waals surface area contributed by atoms with Gasteiger partial charge in [0.1, 0.15) is 6.04 Å². The quantitative estimate of drug-likeness (QED) is 0.0231. The molecule has 0 aromatic rings. The maximum absolute atomic E-state index is 13.8. The smallest absolute Gasteiger partial charge is 0.305 e. The number of aliphatic imine (C=N–C) groups is 2. The van der Waals surface area contributed by atoms with Crippen molar-refractivity contribution in [2.45, 2.75) is 251 Å². The van der Waals surface area contributed by atoms with Crippen molar-refractivity contribution >= 4 is 82.2 Å². The van der Waals surface area contributed by atoms with E-state index in [1.165, 1.54) is 79.1 Å². The van der Waals surface area contributed by atoms with E-state index >= 15 is 0 Å². The molecule has 10 atom stereocenters. The van der Waals surface area contributed by atoms with Gasteiger partial charge in [0, 0.05) is 70.4 Å². The van der Waals surface area contributed by atoms with Gasteiger partial charge in [-0.25, -0.2) is 0 Å². The van der Waals surface area contributed by atoms with Crippen LogP contribution < -0.4 is 55.3 Å². The molecule has 0 saturated carbocycles. The monoisotopic (exact) mass is 1210 g/mol. The number of hydrogen-bond donors (Lipinski definition) is 13. The average Bonchev–Trinajstić information content (AvgIpc) is 3.61. The third-order valence-corrected chi connectivity index (χ3v) is 14.4. The summed E-state index contributed by atoms with van der Waals surface area (Å²) in [5.41, 5.74) is 27.0. The van der Waals surface area contributed by atoms with Crippen LogP contribution in [-0.2, 0) is 57.5 Å². The number of carboxylic acids is 1. The molecule has 0 aromatic heterocycles. The second-order valence-corrected chi connectivity index (χ2v) is 22.2. The van der Waals surface area contributed by atoms with Crippen molar-refractivity contribution in [1.82, 2.24) is 26.6 Å². The van der Waals surface area contributed by atoms with Gasteiger partial charge in [0.25, 0.3) is 0 Å². The number of aliphatic hydroxyl groups excluding tert-OH is 2. The van der Waals surface area contributed by atoms with E-state index in [1.54, 1.807) is 6.92 Å². The standard InChI is InChI=1S/C58H102N12O15/c1-7-9-10-11-12-13-14-15-16-17-18-19-20-25-50(79)70-53(38(6)72)48(77)31-39(32-49(59)78)55(84)66-36(4)45(74)26-27-51(80)67-42(24-22-29-65-58(62)63)46(75)30-35(3)54(83)69-43(34-52(81)82)47(76)33-40(37(5)71)56(85)68-41(44(73)8-2)23-21-28-64-57(60)61/h35-43,53,71-72H,7-34H2,1-6H3,(H2,59,78)(H,66,84)(H,67,80)(H,68,85)(H,69,83)(H,70,79)(H,81,82)(H4,60,61,64)(H4,62,63,65)/t35-,36+,37-,38-,39+,40+,41+,42+,43+,53+/m1/s1. The highest BCUT2D eigenvalue weighted by molar-refractivity contribution is 5.99. The molecule has 0 saturated heterocycles. The largest absolute Gasteiger partial charge is 0.481 e. The number of amides is 6. The van der Waals surface area contributed by atoms with E-state index < -0.39 is 170 Å². The molecule has 27 nitrogen and oxygen atoms in total. The number of aliphatic hydroxyl groups is 2. The van der Waals surface area contributed by atoms with Crippen LogP contribution in [0.2, 0.25) is 0 Å². The number of ketones is 5. The van der Waals surface area contributed by atoms with E-state index in [0.29, 0.717) is 12.8 Å². The number of nitrogens with zero attached hydrogens (tertiary/aromatic N) is 2. The Labute approximate surface area is 500 Å². The Morgan fingerprint density at radius 2 is 0.918 bits per heavy atom. The Morgan fingerprint density at radius 1 is 0.435 bits per heavy atom. The predicted molar refractivity (Wildman–Crippen MR) is 319 cm³/mol. The van der Waals surface area contributed by atoms with Crippen molar-refractivity contribution in [3.05, 3.63) is 0 Å². The molecule has 0 bridgehead atoms. The Bertz CT molecular complexity index is 2220. The van der Waals surface area contributed by atoms with Gasteiger partial charge in [-0.15, -0.1) is 0 Å². The van der Waals surface area contributed by atoms with E-state index in [4.69, 9.17) is 28.7 Å². The van der Waals surface area contributed by atoms with Crippen molar-refractivity contribution < 1.29 is 72.9 Å². The van der Waals surface area contributed by atoms with Crippen LogP contribution in [-0.4, -0.2) is 153 Å². The third-order valence-electron chi connectivity index (χ3n) is 14.4. The normalized spacial score (nSPS) is 14.6. The number of Topliss-reactive ketones (excluding diaryl/α,β-unsaturated/α-hetero) is 5. The lowest BCUT2D eigenvalue weighted by molar-refractivity contribution is -0.142. The predicted octanol–water partition coefficient (Wildman–Crippen LogP) is 1.20. The maximum Gasteiger partial charge on any atom is 0.305 e. The zero-order valence-corrected chi connectivity index (χ0v) is 51.1. The minimum atomic E-state index is -1.73. The summed E-state index contributed by atoms with van der Waals surface area (Å²) >= 11 is 0. The molecule has 85 heavy (non-hydrogen) atoms. The van der Waals surface area contributed by atoms with Crippen LogP contribution in [0.15, 0.2) is 9.98 Å². The van der Waals surface area contributed by atoms with Crippen LogP contribution in [0.25, 0.3) is 0 Å². The fraction of sp³-hybridized carbons (Fsp3) is 0.759. The fourth-order valence-electron chi connectivity index (χ4n) is 9.29. The molecule has 0 aliphatic rings. The number of carbonyl (C=O) groups excluding carboxylic acids is 11. The number of primary amides is 1. The molecule has 0 spiro atoms. The van der Waals surface area contributed by atoms with Crippen molar-refractivity contribution in [3.8, 4) is 0 Å². The molecule has 0 aliphatic heterocycles. The second-order valence-electron chi connectivity index (χ2n) is 22.2. The molecular formula is C58H102N12O15. The van der Waals surface area contributed by atoms with Crippen LogP contribution in [0.1, 0.15) is 208 Å². The number of rotatable bonds is 51. The summed E-state index contributed by atoms with van der Waals surface area (Å²) in [4.78, 5) is 165. The highest BCUT2D eigenvalue weighted by Crippen LogP contribution is 2.19. The SMILES string of the molecule is CCCCCCCCCCCCCCCC(=O)N[C@H](C(=O)C[C@@H](CC(N)=O)C(=O)N[C@@H](C)C(=O)CCC(=O)N[C@@H](CCCN=C(N)N)C(=O)C[C@@H](C)C(=O)N[C@@H](CC(=O)O)C(=O)C[C@H](C(=O)N[C@@H](CCCN=C(N)N)C(=O)CC)[C@@H](C)O)[C@@H](C)O. The Balaban J connectivity index is 5.76. The van der Waals surface area contributed by atoms with Crippen LogP contribution in [0.5, 0.6) is 0 Å². The van der Waals surface area contributed by atoms with E-state index in [9.17, 15) is 72.9 Å². The molecule has 0 radical (unpaired) electrons. The molecule has 0 heterocycles. The molecule has 0 rings (SSSR count). The summed E-state index contributed by atoms with van der Waals surface area (Å²) in [5.74, 6) is -14.3. The summed E-state index contributed by atoms with van der Waals surface area (Å²) in [6, 6.07) is -6.68. The Morgan fingerprint density at radius 3 is 1.39 bits per heavy atom. The zero-order chi connectivity index (χ0) is 64.6. The average molecular weight is 1210 g/mol. The van der Waals surface area contributed by atoms with E-state index in [1.807, 2.05) is 0 Å². The van der Waals surface area contributed by atoms with Crippen LogP contribution >= 0.6 is 0 Å². The molecule has 0 fully saturated rings. The first-order chi connectivity index (χ1) is 40.0. The van der Waals surface area contributed by atoms with Gasteiger partial charge >= 0.3 is 5.97 Å². The van der Waals surface area contributed by atoms with Gasteiger partial charge in [-0.05, 0) is 52.9 Å². The van der Waals surface area contributed by atoms with Gasteiger partial charge in [0.2, 0.25) is 35.4 Å². The summed E-state index contributed by atoms with van der Waals surface area (Å²) in [6.45, 7) is 9.10. The number of carbonyl (C=O) groups is 12. The highest BCUT2D eigenvalue weighted by Gasteiger charge is 2.36. The number of nitrogens with one attached hydrogen (secondary N) is 5. The number of hydrogen-bond acceptors (Lipinski definition) is 16. The van der Waals surface area contributed by atoms with E-state index in [-0.39, 0.29) is 62.9 Å². The number of aliphatic carboxylic acids is 1. The number of carboxylic acid groups (broad SMARTS) is 1. The molecule has 484 valence electrons. The van der Waals surface area contributed by atoms with Crippen LogP contribution in [0.3, 0.4) is 0 Å². The van der Waals surface area contributed by atoms with Crippen molar-refractivity contribution in [2.75, 3.05) is 13.1 Å². The first-order valence-electron chi connectivity index (χ1n) is 30.1. The molecule has 0 unspecified atom stereocenters. The fourth-order valence-corrected chi connectivity index (χ4v) is 9.29. The lowest BCUT2D eigenvalue weighted by atomic mass is 9.91. The zero-order valence-electron chi connectivity index (χ0n) is 51.1. The summed E-state index contributed by atoms with van der Waals surface area (Å²) in [7, 11) is 0. The molecule has 27 heteroatoms. The second kappa shape index (κ2) is 44.6. The summed E-state index contributed by atoms with van der Waals surface area (Å²) in [5, 5.41) is 43.1. The van der Waals surface area contributed by atoms with Gasteiger partial charge in [0.15, 0.2) is 40.8 Å². The van der Waals surface area contributed by atoms with E-state index in [2.05, 4.69) is 43.5 Å².